The fourth-order valence-corrected chi connectivity index (χ4v) is 8.78. The van der Waals surface area contributed by atoms with E-state index in [0.717, 1.165) is 83.5 Å². The van der Waals surface area contributed by atoms with E-state index < -0.39 is 6.10 Å². The van der Waals surface area contributed by atoms with Crippen molar-refractivity contribution < 1.29 is 28.6 Å². The Balaban J connectivity index is 3.99. The van der Waals surface area contributed by atoms with E-state index in [2.05, 4.69) is 81.5 Å². The number of carbonyl (C=O) groups excluding carboxylic acids is 3. The Bertz CT molecular complexity index is 1260. The maximum absolute atomic E-state index is 12.7. The van der Waals surface area contributed by atoms with Crippen molar-refractivity contribution in [2.45, 2.75) is 316 Å². The summed E-state index contributed by atoms with van der Waals surface area (Å²) in [7, 11) is 0. The van der Waals surface area contributed by atoms with Gasteiger partial charge in [0.25, 0.3) is 0 Å². The summed E-state index contributed by atoms with van der Waals surface area (Å²) in [6.07, 6.45) is 74.4. The molecule has 0 heterocycles. The van der Waals surface area contributed by atoms with Crippen LogP contribution < -0.4 is 0 Å². The van der Waals surface area contributed by atoms with Gasteiger partial charge in [-0.25, -0.2) is 0 Å². The Hall–Kier alpha value is -2.89. The molecule has 1 atom stereocenters. The van der Waals surface area contributed by atoms with E-state index in [1.807, 2.05) is 0 Å². The Morgan fingerprint density at radius 3 is 0.857 bits per heavy atom. The molecule has 406 valence electrons. The van der Waals surface area contributed by atoms with E-state index in [0.29, 0.717) is 19.3 Å². The number of hydrogen-bond acceptors (Lipinski definition) is 6. The minimum Gasteiger partial charge on any atom is -0.462 e. The molecule has 0 radical (unpaired) electrons. The zero-order chi connectivity index (χ0) is 50.7. The molecule has 0 amide bonds. The third-order valence-corrected chi connectivity index (χ3v) is 13.3. The maximum atomic E-state index is 12.7. The molecule has 1 unspecified atom stereocenters. The third-order valence-electron chi connectivity index (χ3n) is 13.3. The Kier molecular flexibility index (Phi) is 56.3. The van der Waals surface area contributed by atoms with Crippen LogP contribution in [0.1, 0.15) is 310 Å². The number of allylic oxidation sites excluding steroid dienone is 10. The van der Waals surface area contributed by atoms with Crippen molar-refractivity contribution in [3.63, 3.8) is 0 Å². The van der Waals surface area contributed by atoms with E-state index in [9.17, 15) is 14.4 Å². The van der Waals surface area contributed by atoms with Gasteiger partial charge in [-0.05, 0) is 57.8 Å². The van der Waals surface area contributed by atoms with Gasteiger partial charge in [-0.15, -0.1) is 0 Å². The molecule has 70 heavy (non-hydrogen) atoms. The summed E-state index contributed by atoms with van der Waals surface area (Å²) >= 11 is 0. The molecule has 0 aliphatic heterocycles. The summed E-state index contributed by atoms with van der Waals surface area (Å²) in [6, 6.07) is 0. The zero-order valence-corrected chi connectivity index (χ0v) is 46.5. The SMILES string of the molecule is CC/C=C\C/C=C\C/C=C\C/C=C\C/C=C\CCCC(=O)OC(COC(=O)CCCCCCC)COC(=O)CCCCCCCCCCCCCCCCCCCCCCCCCCCCCCCC. The van der Waals surface area contributed by atoms with Crippen LogP contribution in [-0.2, 0) is 28.6 Å². The second-order valence-corrected chi connectivity index (χ2v) is 20.2. The summed E-state index contributed by atoms with van der Waals surface area (Å²) in [5, 5.41) is 0. The number of unbranched alkanes of at least 4 members (excludes halogenated alkanes) is 34. The second kappa shape index (κ2) is 58.7. The lowest BCUT2D eigenvalue weighted by Gasteiger charge is -2.18. The molecule has 0 fully saturated rings. The highest BCUT2D eigenvalue weighted by atomic mass is 16.6. The molecule has 0 aromatic carbocycles. The van der Waals surface area contributed by atoms with Crippen LogP contribution in [0.15, 0.2) is 60.8 Å². The summed E-state index contributed by atoms with van der Waals surface area (Å²) < 4.78 is 16.7. The number of hydrogen-bond donors (Lipinski definition) is 0. The van der Waals surface area contributed by atoms with Gasteiger partial charge >= 0.3 is 17.9 Å². The van der Waals surface area contributed by atoms with Crippen LogP contribution in [0.25, 0.3) is 0 Å². The highest BCUT2D eigenvalue weighted by molar-refractivity contribution is 5.71. The van der Waals surface area contributed by atoms with Crippen LogP contribution >= 0.6 is 0 Å². The van der Waals surface area contributed by atoms with Gasteiger partial charge in [-0.1, -0.05) is 293 Å². The maximum Gasteiger partial charge on any atom is 0.306 e. The summed E-state index contributed by atoms with van der Waals surface area (Å²) in [5.74, 6) is -0.958. The predicted molar refractivity (Wildman–Crippen MR) is 302 cm³/mol. The molecular formula is C64H114O6. The quantitative estimate of drug-likeness (QED) is 0.0261. The van der Waals surface area contributed by atoms with E-state index in [-0.39, 0.29) is 37.5 Å². The van der Waals surface area contributed by atoms with Crippen LogP contribution in [0.2, 0.25) is 0 Å². The monoisotopic (exact) mass is 979 g/mol. The predicted octanol–water partition coefficient (Wildman–Crippen LogP) is 20.4. The molecule has 0 spiro atoms. The van der Waals surface area contributed by atoms with Crippen molar-refractivity contribution in [1.29, 1.82) is 0 Å². The third kappa shape index (κ3) is 56.0. The van der Waals surface area contributed by atoms with Gasteiger partial charge in [0.1, 0.15) is 13.2 Å². The standard InChI is InChI=1S/C64H114O6/c1-4-7-10-13-15-17-19-21-23-25-26-27-28-29-30-31-32-33-34-35-36-37-39-40-42-44-46-48-51-54-57-63(66)69-60-61(59-68-62(65)56-53-50-12-9-6-3)70-64(67)58-55-52-49-47-45-43-41-38-24-22-20-18-16-14-11-8-5-2/h8,11,16,18,22,24,41,43,47,49,61H,4-7,9-10,12-15,17,19-21,23,25-40,42,44-46,48,50-60H2,1-3H3/b11-8-,18-16-,24-22-,43-41-,49-47-. The highest BCUT2D eigenvalue weighted by Gasteiger charge is 2.19. The average molecular weight is 980 g/mol. The second-order valence-electron chi connectivity index (χ2n) is 20.2. The first-order valence-electron chi connectivity index (χ1n) is 30.3. The fraction of sp³-hybridized carbons (Fsp3) is 0.797. The lowest BCUT2D eigenvalue weighted by atomic mass is 10.0. The molecule has 6 heteroatoms. The van der Waals surface area contributed by atoms with E-state index in [1.165, 1.54) is 180 Å². The summed E-state index contributed by atoms with van der Waals surface area (Å²) in [6.45, 7) is 6.42. The molecule has 0 saturated carbocycles. The first kappa shape index (κ1) is 67.1. The zero-order valence-electron chi connectivity index (χ0n) is 46.5. The molecule has 0 aromatic rings. The number of ether oxygens (including phenoxy) is 3. The van der Waals surface area contributed by atoms with Crippen molar-refractivity contribution in [3.05, 3.63) is 60.8 Å². The Morgan fingerprint density at radius 2 is 0.557 bits per heavy atom. The van der Waals surface area contributed by atoms with Gasteiger partial charge < -0.3 is 14.2 Å². The van der Waals surface area contributed by atoms with Gasteiger partial charge in [0.2, 0.25) is 0 Å². The molecule has 0 aliphatic rings. The number of esters is 3. The van der Waals surface area contributed by atoms with Crippen molar-refractivity contribution >= 4 is 17.9 Å². The van der Waals surface area contributed by atoms with Crippen molar-refractivity contribution in [2.24, 2.45) is 0 Å². The van der Waals surface area contributed by atoms with Crippen LogP contribution in [0.5, 0.6) is 0 Å². The van der Waals surface area contributed by atoms with Crippen LogP contribution in [0.3, 0.4) is 0 Å². The van der Waals surface area contributed by atoms with E-state index >= 15 is 0 Å². The molecule has 0 saturated heterocycles. The van der Waals surface area contributed by atoms with Crippen LogP contribution in [0.4, 0.5) is 0 Å². The van der Waals surface area contributed by atoms with Crippen molar-refractivity contribution in [1.82, 2.24) is 0 Å². The van der Waals surface area contributed by atoms with Gasteiger partial charge in [0, 0.05) is 19.3 Å². The topological polar surface area (TPSA) is 78.9 Å². The number of carbonyl (C=O) groups is 3. The van der Waals surface area contributed by atoms with Crippen LogP contribution in [-0.4, -0.2) is 37.2 Å². The smallest absolute Gasteiger partial charge is 0.306 e. The summed E-state index contributed by atoms with van der Waals surface area (Å²) in [4.78, 5) is 37.8. The number of rotatable bonds is 55. The Morgan fingerprint density at radius 1 is 0.300 bits per heavy atom. The summed E-state index contributed by atoms with van der Waals surface area (Å²) in [5.41, 5.74) is 0. The lowest BCUT2D eigenvalue weighted by Crippen LogP contribution is -2.30. The van der Waals surface area contributed by atoms with Gasteiger partial charge in [0.15, 0.2) is 6.10 Å². The van der Waals surface area contributed by atoms with Gasteiger partial charge in [-0.3, -0.25) is 14.4 Å². The molecular weight excluding hydrogens is 865 g/mol. The minimum absolute atomic E-state index is 0.0945. The molecule has 6 nitrogen and oxygen atoms in total. The average Bonchev–Trinajstić information content (AvgIpc) is 3.36. The van der Waals surface area contributed by atoms with E-state index in [1.54, 1.807) is 0 Å². The first-order valence-corrected chi connectivity index (χ1v) is 30.3. The van der Waals surface area contributed by atoms with Crippen molar-refractivity contribution in [2.75, 3.05) is 13.2 Å². The highest BCUT2D eigenvalue weighted by Crippen LogP contribution is 2.17. The van der Waals surface area contributed by atoms with E-state index in [4.69, 9.17) is 14.2 Å². The van der Waals surface area contributed by atoms with Gasteiger partial charge in [-0.2, -0.15) is 0 Å². The van der Waals surface area contributed by atoms with Gasteiger partial charge in [0.05, 0.1) is 0 Å². The first-order chi connectivity index (χ1) is 34.5. The lowest BCUT2D eigenvalue weighted by molar-refractivity contribution is -0.167. The molecule has 0 rings (SSSR count). The molecule has 0 bridgehead atoms. The fourth-order valence-electron chi connectivity index (χ4n) is 8.78. The molecule has 0 aromatic heterocycles. The molecule has 0 N–H and O–H groups in total. The Labute approximate surface area is 434 Å². The van der Waals surface area contributed by atoms with Crippen molar-refractivity contribution in [3.8, 4) is 0 Å². The largest absolute Gasteiger partial charge is 0.462 e. The molecule has 0 aliphatic carbocycles. The normalized spacial score (nSPS) is 12.4. The van der Waals surface area contributed by atoms with Crippen LogP contribution in [0, 0.1) is 0 Å². The minimum atomic E-state index is -0.799.